The average Bonchev–Trinajstić information content (AvgIpc) is 2.88. The van der Waals surface area contributed by atoms with Gasteiger partial charge in [0.1, 0.15) is 0 Å². The lowest BCUT2D eigenvalue weighted by atomic mass is 10.1. The van der Waals surface area contributed by atoms with Gasteiger partial charge in [0.2, 0.25) is 15.9 Å². The zero-order valence-electron chi connectivity index (χ0n) is 23.2. The van der Waals surface area contributed by atoms with Crippen LogP contribution < -0.4 is 10.0 Å². The van der Waals surface area contributed by atoms with Gasteiger partial charge in [0.25, 0.3) is 0 Å². The number of unbranched alkanes of at least 4 members (excludes halogenated alkanes) is 5. The van der Waals surface area contributed by atoms with E-state index in [0.717, 1.165) is 18.6 Å². The first-order valence-electron chi connectivity index (χ1n) is 13.7. The zero-order chi connectivity index (χ0) is 27.7. The van der Waals surface area contributed by atoms with E-state index in [9.17, 15) is 13.2 Å². The predicted molar refractivity (Wildman–Crippen MR) is 156 cm³/mol. The van der Waals surface area contributed by atoms with Crippen LogP contribution in [0, 0.1) is 6.92 Å². The van der Waals surface area contributed by atoms with Gasteiger partial charge in [-0.05, 0) is 25.5 Å². The molecule has 1 amide bonds. The molecule has 0 atom stereocenters. The standard InChI is InChI=1S/C27H48N2O7S2/c1-3-4-5-6-7-8-14-33-15-16-34-17-18-35-19-20-36-21-22-37-24-27(30)28-13-23-38(31,32)29-26-11-9-25(2)10-12-26/h9-12,29H,3-8,13-24H2,1-2H3,(H,28,30). The number of carbonyl (C=O) groups excluding carboxylic acids is 1. The Labute approximate surface area is 234 Å². The second-order valence-electron chi connectivity index (χ2n) is 8.91. The molecule has 0 unspecified atom stereocenters. The Morgan fingerprint density at radius 1 is 0.789 bits per heavy atom. The third-order valence-electron chi connectivity index (χ3n) is 5.38. The van der Waals surface area contributed by atoms with E-state index in [2.05, 4.69) is 17.0 Å². The van der Waals surface area contributed by atoms with E-state index in [1.165, 1.54) is 43.9 Å². The number of rotatable bonds is 26. The first kappa shape index (κ1) is 34.7. The molecule has 0 heterocycles. The Hall–Kier alpha value is -1.37. The molecule has 1 rings (SSSR count). The SMILES string of the molecule is CCCCCCCCOCCOCCOCCOCCSCC(=O)NCCS(=O)(=O)Nc1ccc(C)cc1. The maximum atomic E-state index is 12.1. The topological polar surface area (TPSA) is 112 Å². The maximum absolute atomic E-state index is 12.1. The van der Waals surface area contributed by atoms with Gasteiger partial charge in [-0.2, -0.15) is 0 Å². The molecule has 0 bridgehead atoms. The lowest BCUT2D eigenvalue weighted by Gasteiger charge is -2.09. The second-order valence-corrected chi connectivity index (χ2v) is 11.9. The van der Waals surface area contributed by atoms with Gasteiger partial charge in [0, 0.05) is 24.6 Å². The summed E-state index contributed by atoms with van der Waals surface area (Å²) in [5.74, 6) is 0.545. The number of hydrogen-bond acceptors (Lipinski definition) is 8. The molecule has 220 valence electrons. The molecule has 1 aromatic rings. The number of thioether (sulfide) groups is 1. The number of sulfonamides is 1. The summed E-state index contributed by atoms with van der Waals surface area (Å²) in [5, 5.41) is 2.63. The Kier molecular flexibility index (Phi) is 21.4. The minimum atomic E-state index is -3.52. The van der Waals surface area contributed by atoms with Crippen LogP contribution in [-0.2, 0) is 33.8 Å². The van der Waals surface area contributed by atoms with Crippen LogP contribution >= 0.6 is 11.8 Å². The van der Waals surface area contributed by atoms with Crippen molar-refractivity contribution in [2.24, 2.45) is 0 Å². The quantitative estimate of drug-likeness (QED) is 0.159. The van der Waals surface area contributed by atoms with Gasteiger partial charge in [-0.3, -0.25) is 9.52 Å². The molecular formula is C27H48N2O7S2. The summed E-state index contributed by atoms with van der Waals surface area (Å²) < 4.78 is 48.7. The average molecular weight is 577 g/mol. The van der Waals surface area contributed by atoms with Crippen molar-refractivity contribution in [2.45, 2.75) is 52.4 Å². The smallest absolute Gasteiger partial charge is 0.234 e. The number of aryl methyl sites for hydroxylation is 1. The Balaban J connectivity index is 1.82. The number of ether oxygens (including phenoxy) is 4. The van der Waals surface area contributed by atoms with Crippen molar-refractivity contribution in [2.75, 3.05) is 81.4 Å². The molecule has 0 spiro atoms. The summed E-state index contributed by atoms with van der Waals surface area (Å²) in [5.41, 5.74) is 1.56. The van der Waals surface area contributed by atoms with Crippen LogP contribution in [0.2, 0.25) is 0 Å². The van der Waals surface area contributed by atoms with Crippen molar-refractivity contribution in [3.8, 4) is 0 Å². The summed E-state index contributed by atoms with van der Waals surface area (Å²) in [4.78, 5) is 11.9. The van der Waals surface area contributed by atoms with Gasteiger partial charge < -0.3 is 24.3 Å². The highest BCUT2D eigenvalue weighted by Crippen LogP contribution is 2.10. The lowest BCUT2D eigenvalue weighted by molar-refractivity contribution is -0.118. The van der Waals surface area contributed by atoms with Crippen LogP contribution in [0.15, 0.2) is 24.3 Å². The first-order valence-corrected chi connectivity index (χ1v) is 16.5. The highest BCUT2D eigenvalue weighted by molar-refractivity contribution is 7.99. The molecule has 2 N–H and O–H groups in total. The normalized spacial score (nSPS) is 11.5. The second kappa shape index (κ2) is 23.5. The van der Waals surface area contributed by atoms with Crippen LogP contribution in [0.1, 0.15) is 51.0 Å². The predicted octanol–water partition coefficient (Wildman–Crippen LogP) is 4.01. The number of carbonyl (C=O) groups is 1. The fourth-order valence-electron chi connectivity index (χ4n) is 3.26. The molecule has 38 heavy (non-hydrogen) atoms. The third kappa shape index (κ3) is 21.6. The van der Waals surface area contributed by atoms with E-state index in [-0.39, 0.29) is 24.0 Å². The molecule has 1 aromatic carbocycles. The van der Waals surface area contributed by atoms with Gasteiger partial charge >= 0.3 is 0 Å². The van der Waals surface area contributed by atoms with Crippen molar-refractivity contribution in [1.29, 1.82) is 0 Å². The summed E-state index contributed by atoms with van der Waals surface area (Å²) in [7, 11) is -3.52. The van der Waals surface area contributed by atoms with E-state index in [1.54, 1.807) is 12.1 Å². The van der Waals surface area contributed by atoms with Crippen LogP contribution in [0.5, 0.6) is 0 Å². The minimum absolute atomic E-state index is 0.0599. The van der Waals surface area contributed by atoms with Crippen LogP contribution in [0.4, 0.5) is 5.69 Å². The van der Waals surface area contributed by atoms with E-state index in [0.29, 0.717) is 57.7 Å². The first-order chi connectivity index (χ1) is 18.4. The molecule has 0 aliphatic rings. The molecule has 0 fully saturated rings. The van der Waals surface area contributed by atoms with Crippen LogP contribution in [-0.4, -0.2) is 91.0 Å². The maximum Gasteiger partial charge on any atom is 0.234 e. The highest BCUT2D eigenvalue weighted by Gasteiger charge is 2.11. The zero-order valence-corrected chi connectivity index (χ0v) is 24.8. The number of hydrogen-bond donors (Lipinski definition) is 2. The summed E-state index contributed by atoms with van der Waals surface area (Å²) in [6.07, 6.45) is 7.60. The van der Waals surface area contributed by atoms with E-state index in [4.69, 9.17) is 18.9 Å². The summed E-state index contributed by atoms with van der Waals surface area (Å²) in [6.45, 7) is 8.79. The molecular weight excluding hydrogens is 528 g/mol. The molecule has 0 saturated heterocycles. The molecule has 0 aliphatic carbocycles. The van der Waals surface area contributed by atoms with Gasteiger partial charge in [-0.25, -0.2) is 8.42 Å². The van der Waals surface area contributed by atoms with Gasteiger partial charge in [0.15, 0.2) is 0 Å². The lowest BCUT2D eigenvalue weighted by Crippen LogP contribution is -2.32. The fourth-order valence-corrected chi connectivity index (χ4v) is 4.89. The van der Waals surface area contributed by atoms with Crippen LogP contribution in [0.25, 0.3) is 0 Å². The number of nitrogens with one attached hydrogen (secondary N) is 2. The van der Waals surface area contributed by atoms with Crippen molar-refractivity contribution < 1.29 is 32.2 Å². The molecule has 9 nitrogen and oxygen atoms in total. The van der Waals surface area contributed by atoms with E-state index < -0.39 is 10.0 Å². The molecule has 0 aromatic heterocycles. The molecule has 0 aliphatic heterocycles. The Bertz CT molecular complexity index is 808. The number of benzene rings is 1. The molecule has 11 heteroatoms. The monoisotopic (exact) mass is 576 g/mol. The van der Waals surface area contributed by atoms with Crippen LogP contribution in [0.3, 0.4) is 0 Å². The van der Waals surface area contributed by atoms with Gasteiger partial charge in [-0.15, -0.1) is 11.8 Å². The number of anilines is 1. The molecule has 0 saturated carbocycles. The van der Waals surface area contributed by atoms with Crippen molar-refractivity contribution in [3.63, 3.8) is 0 Å². The van der Waals surface area contributed by atoms with Gasteiger partial charge in [0.05, 0.1) is 57.8 Å². The third-order valence-corrected chi connectivity index (χ3v) is 7.59. The van der Waals surface area contributed by atoms with Crippen molar-refractivity contribution in [3.05, 3.63) is 29.8 Å². The summed E-state index contributed by atoms with van der Waals surface area (Å²) in [6, 6.07) is 7.08. The summed E-state index contributed by atoms with van der Waals surface area (Å²) >= 11 is 1.44. The van der Waals surface area contributed by atoms with E-state index in [1.807, 2.05) is 19.1 Å². The Morgan fingerprint density at radius 2 is 1.34 bits per heavy atom. The van der Waals surface area contributed by atoms with Crippen molar-refractivity contribution >= 4 is 33.4 Å². The Morgan fingerprint density at radius 3 is 1.97 bits per heavy atom. The molecule has 0 radical (unpaired) electrons. The fraction of sp³-hybridized carbons (Fsp3) is 0.741. The minimum Gasteiger partial charge on any atom is -0.379 e. The van der Waals surface area contributed by atoms with Crippen molar-refractivity contribution in [1.82, 2.24) is 5.32 Å². The van der Waals surface area contributed by atoms with Gasteiger partial charge in [-0.1, -0.05) is 56.7 Å². The number of amides is 1. The highest BCUT2D eigenvalue weighted by atomic mass is 32.2. The van der Waals surface area contributed by atoms with E-state index >= 15 is 0 Å². The largest absolute Gasteiger partial charge is 0.379 e.